The predicted octanol–water partition coefficient (Wildman–Crippen LogP) is 8.61. The first kappa shape index (κ1) is 27.8. The first-order chi connectivity index (χ1) is 16.6. The Morgan fingerprint density at radius 3 is 2.00 bits per heavy atom. The number of carbonyl (C=O) groups is 1. The molecule has 0 atom stereocenters. The van der Waals surface area contributed by atoms with Crippen LogP contribution < -0.4 is 0 Å². The molecule has 0 N–H and O–H groups in total. The maximum Gasteiger partial charge on any atom is 0.333 e. The fourth-order valence-corrected chi connectivity index (χ4v) is 6.99. The standard InChI is InChI=1S/C31H53O3/c1-4-9-25-10-12-26(13-11-25)27-14-16-28(17-15-27)29-18-20-30(21-19-29)33-22-7-5-6-8-23-34-31(32)24(2)3/h25-28,30H,2,4-23H2,1,3H3/t25-,26-,27?,28?. The van der Waals surface area contributed by atoms with Gasteiger partial charge in [-0.25, -0.2) is 4.79 Å². The van der Waals surface area contributed by atoms with E-state index in [1.807, 2.05) is 5.92 Å². The van der Waals surface area contributed by atoms with E-state index < -0.39 is 0 Å². The fraction of sp³-hybridized carbons (Fsp3) is 0.871. The lowest BCUT2D eigenvalue weighted by Crippen LogP contribution is -2.30. The van der Waals surface area contributed by atoms with E-state index in [1.54, 1.807) is 6.92 Å². The van der Waals surface area contributed by atoms with E-state index in [2.05, 4.69) is 13.5 Å². The van der Waals surface area contributed by atoms with Gasteiger partial charge >= 0.3 is 5.97 Å². The minimum atomic E-state index is -0.269. The van der Waals surface area contributed by atoms with Crippen molar-refractivity contribution in [1.29, 1.82) is 0 Å². The Hall–Kier alpha value is -0.830. The van der Waals surface area contributed by atoms with Crippen LogP contribution in [0.15, 0.2) is 12.2 Å². The average Bonchev–Trinajstić information content (AvgIpc) is 2.86. The summed E-state index contributed by atoms with van der Waals surface area (Å²) < 4.78 is 11.3. The van der Waals surface area contributed by atoms with Gasteiger partial charge < -0.3 is 9.47 Å². The lowest BCUT2D eigenvalue weighted by molar-refractivity contribution is -0.139. The molecule has 3 rings (SSSR count). The smallest absolute Gasteiger partial charge is 0.333 e. The van der Waals surface area contributed by atoms with E-state index in [0.29, 0.717) is 18.3 Å². The van der Waals surface area contributed by atoms with Crippen LogP contribution in [-0.4, -0.2) is 25.3 Å². The summed E-state index contributed by atoms with van der Waals surface area (Å²) in [5.41, 5.74) is 0.480. The van der Waals surface area contributed by atoms with Crippen molar-refractivity contribution < 1.29 is 14.3 Å². The molecular weight excluding hydrogens is 420 g/mol. The zero-order valence-corrected chi connectivity index (χ0v) is 22.5. The molecule has 3 aliphatic carbocycles. The highest BCUT2D eigenvalue weighted by Gasteiger charge is 2.34. The number of unbranched alkanes of at least 4 members (excludes halogenated alkanes) is 3. The van der Waals surface area contributed by atoms with Crippen molar-refractivity contribution in [3.8, 4) is 0 Å². The zero-order valence-electron chi connectivity index (χ0n) is 22.5. The molecule has 3 aliphatic rings. The van der Waals surface area contributed by atoms with E-state index >= 15 is 0 Å². The zero-order chi connectivity index (χ0) is 24.2. The van der Waals surface area contributed by atoms with Crippen LogP contribution in [0.1, 0.15) is 129 Å². The first-order valence-electron chi connectivity index (χ1n) is 14.9. The van der Waals surface area contributed by atoms with E-state index in [1.165, 1.54) is 89.9 Å². The molecule has 0 saturated heterocycles. The largest absolute Gasteiger partial charge is 0.462 e. The summed E-state index contributed by atoms with van der Waals surface area (Å²) in [5.74, 6) is 5.67. The Kier molecular flexibility index (Phi) is 12.5. The molecule has 3 saturated carbocycles. The summed E-state index contributed by atoms with van der Waals surface area (Å²) in [6.07, 6.45) is 24.8. The van der Waals surface area contributed by atoms with Crippen molar-refractivity contribution in [3.63, 3.8) is 0 Å². The highest BCUT2D eigenvalue weighted by atomic mass is 16.5. The quantitative estimate of drug-likeness (QED) is 0.153. The molecule has 195 valence electrons. The Labute approximate surface area is 210 Å². The summed E-state index contributed by atoms with van der Waals surface area (Å²) >= 11 is 0. The van der Waals surface area contributed by atoms with Crippen molar-refractivity contribution in [2.45, 2.75) is 136 Å². The molecule has 3 fully saturated rings. The Bertz CT molecular complexity index is 575. The third-order valence-corrected chi connectivity index (χ3v) is 9.15. The van der Waals surface area contributed by atoms with Crippen LogP contribution in [0.25, 0.3) is 0 Å². The van der Waals surface area contributed by atoms with Crippen molar-refractivity contribution in [1.82, 2.24) is 0 Å². The molecule has 0 heterocycles. The normalized spacial score (nSPS) is 29.1. The van der Waals surface area contributed by atoms with Gasteiger partial charge in [-0.05, 0) is 120 Å². The summed E-state index contributed by atoms with van der Waals surface area (Å²) in [5, 5.41) is 0. The molecule has 0 aromatic rings. The Balaban J connectivity index is 1.18. The molecule has 0 bridgehead atoms. The van der Waals surface area contributed by atoms with Gasteiger partial charge in [0.2, 0.25) is 0 Å². The Morgan fingerprint density at radius 2 is 1.41 bits per heavy atom. The molecule has 1 radical (unpaired) electrons. The summed E-state index contributed by atoms with van der Waals surface area (Å²) in [4.78, 5) is 11.3. The van der Waals surface area contributed by atoms with Crippen LogP contribution in [0.3, 0.4) is 0 Å². The van der Waals surface area contributed by atoms with Crippen molar-refractivity contribution in [2.24, 2.45) is 23.7 Å². The van der Waals surface area contributed by atoms with Crippen molar-refractivity contribution >= 4 is 5.97 Å². The SMILES string of the molecule is C=C(C)C(=O)OCCCCCCOC1CC[C](C2CCC([C@H]3CC[C@H](CCC)CC3)CC2)CC1. The van der Waals surface area contributed by atoms with Crippen molar-refractivity contribution in [3.05, 3.63) is 18.1 Å². The number of hydrogen-bond acceptors (Lipinski definition) is 3. The second kappa shape index (κ2) is 15.3. The van der Waals surface area contributed by atoms with E-state index in [9.17, 15) is 4.79 Å². The number of rotatable bonds is 13. The van der Waals surface area contributed by atoms with Crippen molar-refractivity contribution in [2.75, 3.05) is 13.2 Å². The monoisotopic (exact) mass is 473 g/mol. The molecule has 0 amide bonds. The molecule has 0 aromatic carbocycles. The molecular formula is C31H53O3. The topological polar surface area (TPSA) is 35.5 Å². The highest BCUT2D eigenvalue weighted by molar-refractivity contribution is 5.86. The lowest BCUT2D eigenvalue weighted by Gasteiger charge is -2.41. The first-order valence-corrected chi connectivity index (χ1v) is 14.9. The average molecular weight is 474 g/mol. The summed E-state index contributed by atoms with van der Waals surface area (Å²) in [6.45, 7) is 9.04. The number of esters is 1. The maximum atomic E-state index is 11.3. The van der Waals surface area contributed by atoms with Gasteiger partial charge in [0, 0.05) is 12.2 Å². The molecule has 0 aliphatic heterocycles. The van der Waals surface area contributed by atoms with Crippen LogP contribution >= 0.6 is 0 Å². The van der Waals surface area contributed by atoms with Gasteiger partial charge in [0.1, 0.15) is 0 Å². The number of hydrogen-bond donors (Lipinski definition) is 0. The minimum Gasteiger partial charge on any atom is -0.462 e. The van der Waals surface area contributed by atoms with Gasteiger partial charge in [-0.2, -0.15) is 0 Å². The minimum absolute atomic E-state index is 0.269. The number of carbonyl (C=O) groups excluding carboxylic acids is 1. The van der Waals surface area contributed by atoms with Gasteiger partial charge in [0.15, 0.2) is 0 Å². The lowest BCUT2D eigenvalue weighted by atomic mass is 9.65. The molecule has 34 heavy (non-hydrogen) atoms. The third kappa shape index (κ3) is 9.32. The third-order valence-electron chi connectivity index (χ3n) is 9.15. The molecule has 0 unspecified atom stereocenters. The van der Waals surface area contributed by atoms with Gasteiger partial charge in [0.05, 0.1) is 12.7 Å². The molecule has 0 spiro atoms. The molecule has 0 aromatic heterocycles. The highest BCUT2D eigenvalue weighted by Crippen LogP contribution is 2.46. The Morgan fingerprint density at radius 1 is 0.824 bits per heavy atom. The van der Waals surface area contributed by atoms with Crippen LogP contribution in [0.4, 0.5) is 0 Å². The number of ether oxygens (including phenoxy) is 2. The fourth-order valence-electron chi connectivity index (χ4n) is 6.99. The van der Waals surface area contributed by atoms with Gasteiger partial charge in [-0.15, -0.1) is 0 Å². The van der Waals surface area contributed by atoms with E-state index in [4.69, 9.17) is 9.47 Å². The predicted molar refractivity (Wildman–Crippen MR) is 141 cm³/mol. The molecule has 3 heteroatoms. The van der Waals surface area contributed by atoms with Gasteiger partial charge in [-0.1, -0.05) is 45.6 Å². The summed E-state index contributed by atoms with van der Waals surface area (Å²) in [6, 6.07) is 0. The molecule has 3 nitrogen and oxygen atoms in total. The van der Waals surface area contributed by atoms with Crippen LogP contribution in [-0.2, 0) is 14.3 Å². The maximum absolute atomic E-state index is 11.3. The van der Waals surface area contributed by atoms with E-state index in [-0.39, 0.29) is 5.97 Å². The van der Waals surface area contributed by atoms with E-state index in [0.717, 1.165) is 56.0 Å². The van der Waals surface area contributed by atoms with Crippen LogP contribution in [0.2, 0.25) is 0 Å². The second-order valence-corrected chi connectivity index (χ2v) is 11.7. The summed E-state index contributed by atoms with van der Waals surface area (Å²) in [7, 11) is 0. The van der Waals surface area contributed by atoms with Gasteiger partial charge in [0.25, 0.3) is 0 Å². The van der Waals surface area contributed by atoms with Crippen LogP contribution in [0.5, 0.6) is 0 Å². The van der Waals surface area contributed by atoms with Gasteiger partial charge in [-0.3, -0.25) is 0 Å². The second-order valence-electron chi connectivity index (χ2n) is 11.7. The van der Waals surface area contributed by atoms with Crippen LogP contribution in [0, 0.1) is 29.6 Å².